The highest BCUT2D eigenvalue weighted by molar-refractivity contribution is 7.99. The molecule has 0 aliphatic rings. The largest absolute Gasteiger partial charge is 0.512 e. The molecule has 116 valence electrons. The number of hydrogen-bond donors (Lipinski definition) is 0. The molecule has 0 radical (unpaired) electrons. The van der Waals surface area contributed by atoms with Crippen molar-refractivity contribution in [1.29, 1.82) is 0 Å². The summed E-state index contributed by atoms with van der Waals surface area (Å²) in [5.74, 6) is -0.220. The first-order valence-corrected chi connectivity index (χ1v) is 7.84. The molecule has 5 nitrogen and oxygen atoms in total. The van der Waals surface area contributed by atoms with Gasteiger partial charge >= 0.3 is 12.1 Å². The Hall–Kier alpha value is -1.69. The quantitative estimate of drug-likeness (QED) is 0.297. The van der Waals surface area contributed by atoms with Crippen LogP contribution in [0.1, 0.15) is 32.6 Å². The zero-order valence-corrected chi connectivity index (χ0v) is 12.9. The van der Waals surface area contributed by atoms with Gasteiger partial charge in [0.1, 0.15) is 5.94 Å². The van der Waals surface area contributed by atoms with Crippen LogP contribution in [0, 0.1) is 0 Å². The molecule has 0 aromatic heterocycles. The van der Waals surface area contributed by atoms with Crippen LogP contribution in [0.5, 0.6) is 0 Å². The zero-order chi connectivity index (χ0) is 15.3. The Bertz CT molecular complexity index is 421. The van der Waals surface area contributed by atoms with Crippen LogP contribution in [-0.4, -0.2) is 24.9 Å². The van der Waals surface area contributed by atoms with E-state index in [1.54, 1.807) is 0 Å². The van der Waals surface area contributed by atoms with Gasteiger partial charge in [0, 0.05) is 11.3 Å². The molecule has 0 amide bonds. The fraction of sp³-hybridized carbons (Fsp3) is 0.467. The Morgan fingerprint density at radius 3 is 2.52 bits per heavy atom. The molecule has 1 aromatic carbocycles. The molecular formula is C15H20O5S. The van der Waals surface area contributed by atoms with Gasteiger partial charge in [-0.2, -0.15) is 0 Å². The van der Waals surface area contributed by atoms with Gasteiger partial charge < -0.3 is 14.2 Å². The number of esters is 1. The van der Waals surface area contributed by atoms with Crippen LogP contribution in [0.25, 0.3) is 0 Å². The molecule has 1 aromatic rings. The Balaban J connectivity index is 2.02. The number of benzene rings is 1. The van der Waals surface area contributed by atoms with Crippen molar-refractivity contribution in [2.45, 2.75) is 37.5 Å². The van der Waals surface area contributed by atoms with Gasteiger partial charge in [0.2, 0.25) is 6.79 Å². The second-order valence-corrected chi connectivity index (χ2v) is 5.20. The van der Waals surface area contributed by atoms with E-state index in [9.17, 15) is 9.59 Å². The lowest BCUT2D eigenvalue weighted by Gasteiger charge is -2.07. The van der Waals surface area contributed by atoms with E-state index < -0.39 is 12.9 Å². The summed E-state index contributed by atoms with van der Waals surface area (Å²) in [4.78, 5) is 23.5. The molecule has 0 N–H and O–H groups in total. The SMILES string of the molecule is CCCCCC(=O)OCOC(=O)OCSc1ccccc1. The molecule has 0 saturated heterocycles. The predicted octanol–water partition coefficient (Wildman–Crippen LogP) is 3.97. The summed E-state index contributed by atoms with van der Waals surface area (Å²) in [6.45, 7) is 1.65. The molecular weight excluding hydrogens is 292 g/mol. The number of unbranched alkanes of at least 4 members (excludes halogenated alkanes) is 2. The number of thioether (sulfide) groups is 1. The maximum absolute atomic E-state index is 11.2. The first-order chi connectivity index (χ1) is 10.2. The first-order valence-electron chi connectivity index (χ1n) is 6.85. The van der Waals surface area contributed by atoms with Crippen molar-refractivity contribution < 1.29 is 23.8 Å². The zero-order valence-electron chi connectivity index (χ0n) is 12.1. The van der Waals surface area contributed by atoms with Crippen LogP contribution in [-0.2, 0) is 19.0 Å². The third-order valence-electron chi connectivity index (χ3n) is 2.53. The average molecular weight is 312 g/mol. The highest BCUT2D eigenvalue weighted by atomic mass is 32.2. The molecule has 21 heavy (non-hydrogen) atoms. The van der Waals surface area contributed by atoms with E-state index in [2.05, 4.69) is 11.7 Å². The Kier molecular flexibility index (Phi) is 9.11. The van der Waals surface area contributed by atoms with Gasteiger partial charge in [0.15, 0.2) is 0 Å². The number of hydrogen-bond acceptors (Lipinski definition) is 6. The minimum Gasteiger partial charge on any atom is -0.428 e. The summed E-state index contributed by atoms with van der Waals surface area (Å²) in [7, 11) is 0. The third-order valence-corrected chi connectivity index (χ3v) is 3.37. The van der Waals surface area contributed by atoms with Crippen LogP contribution < -0.4 is 0 Å². The highest BCUT2D eigenvalue weighted by Gasteiger charge is 2.07. The van der Waals surface area contributed by atoms with Crippen molar-refractivity contribution in [1.82, 2.24) is 0 Å². The van der Waals surface area contributed by atoms with E-state index in [0.29, 0.717) is 6.42 Å². The van der Waals surface area contributed by atoms with Crippen LogP contribution >= 0.6 is 11.8 Å². The summed E-state index contributed by atoms with van der Waals surface area (Å²) in [5.41, 5.74) is 0. The van der Waals surface area contributed by atoms with Crippen molar-refractivity contribution in [2.24, 2.45) is 0 Å². The lowest BCUT2D eigenvalue weighted by molar-refractivity contribution is -0.153. The van der Waals surface area contributed by atoms with Crippen molar-refractivity contribution in [2.75, 3.05) is 12.7 Å². The van der Waals surface area contributed by atoms with Gasteiger partial charge in [-0.1, -0.05) is 49.7 Å². The topological polar surface area (TPSA) is 61.8 Å². The number of ether oxygens (including phenoxy) is 3. The number of carbonyl (C=O) groups excluding carboxylic acids is 2. The fourth-order valence-electron chi connectivity index (χ4n) is 1.44. The van der Waals surface area contributed by atoms with E-state index in [-0.39, 0.29) is 11.9 Å². The van der Waals surface area contributed by atoms with Gasteiger partial charge in [-0.3, -0.25) is 4.79 Å². The van der Waals surface area contributed by atoms with Gasteiger partial charge in [0.05, 0.1) is 0 Å². The fourth-order valence-corrected chi connectivity index (χ4v) is 2.08. The van der Waals surface area contributed by atoms with Crippen molar-refractivity contribution in [3.8, 4) is 0 Å². The Morgan fingerprint density at radius 1 is 1.05 bits per heavy atom. The first kappa shape index (κ1) is 17.4. The van der Waals surface area contributed by atoms with E-state index in [0.717, 1.165) is 24.2 Å². The monoisotopic (exact) mass is 312 g/mol. The van der Waals surface area contributed by atoms with Crippen LogP contribution in [0.3, 0.4) is 0 Å². The lowest BCUT2D eigenvalue weighted by Crippen LogP contribution is -2.13. The Morgan fingerprint density at radius 2 is 1.81 bits per heavy atom. The van der Waals surface area contributed by atoms with E-state index in [4.69, 9.17) is 9.47 Å². The number of rotatable bonds is 9. The normalized spacial score (nSPS) is 9.95. The van der Waals surface area contributed by atoms with E-state index >= 15 is 0 Å². The predicted molar refractivity (Wildman–Crippen MR) is 79.8 cm³/mol. The molecule has 0 aliphatic heterocycles. The van der Waals surface area contributed by atoms with Crippen molar-refractivity contribution >= 4 is 23.9 Å². The molecule has 0 aliphatic carbocycles. The molecule has 0 atom stereocenters. The molecule has 0 saturated carbocycles. The lowest BCUT2D eigenvalue weighted by atomic mass is 10.2. The summed E-state index contributed by atoms with van der Waals surface area (Å²) in [6, 6.07) is 9.54. The molecule has 0 heterocycles. The van der Waals surface area contributed by atoms with Gasteiger partial charge in [-0.05, 0) is 18.6 Å². The average Bonchev–Trinajstić information content (AvgIpc) is 2.48. The molecule has 0 fully saturated rings. The second-order valence-electron chi connectivity index (χ2n) is 4.21. The summed E-state index contributed by atoms with van der Waals surface area (Å²) >= 11 is 1.37. The van der Waals surface area contributed by atoms with Crippen molar-refractivity contribution in [3.05, 3.63) is 30.3 Å². The summed E-state index contributed by atoms with van der Waals surface area (Å²) < 4.78 is 14.2. The van der Waals surface area contributed by atoms with Crippen LogP contribution in [0.4, 0.5) is 4.79 Å². The molecule has 0 spiro atoms. The molecule has 6 heteroatoms. The number of carbonyl (C=O) groups is 2. The molecule has 1 rings (SSSR count). The van der Waals surface area contributed by atoms with Crippen LogP contribution in [0.15, 0.2) is 35.2 Å². The maximum atomic E-state index is 11.2. The standard InChI is InChI=1S/C15H20O5S/c1-2-3-5-10-14(16)18-11-19-15(17)20-12-21-13-8-6-4-7-9-13/h4,6-9H,2-3,5,10-12H2,1H3. The smallest absolute Gasteiger partial charge is 0.428 e. The van der Waals surface area contributed by atoms with E-state index in [1.807, 2.05) is 30.3 Å². The summed E-state index contributed by atoms with van der Waals surface area (Å²) in [6.07, 6.45) is 2.30. The van der Waals surface area contributed by atoms with Crippen LogP contribution in [0.2, 0.25) is 0 Å². The van der Waals surface area contributed by atoms with Gasteiger partial charge in [-0.15, -0.1) is 0 Å². The minimum atomic E-state index is -0.847. The minimum absolute atomic E-state index is 0.146. The third kappa shape index (κ3) is 8.96. The molecule has 0 unspecified atom stereocenters. The maximum Gasteiger partial charge on any atom is 0.512 e. The Labute approximate surface area is 129 Å². The van der Waals surface area contributed by atoms with Crippen molar-refractivity contribution in [3.63, 3.8) is 0 Å². The van der Waals surface area contributed by atoms with E-state index in [1.165, 1.54) is 11.8 Å². The van der Waals surface area contributed by atoms with Gasteiger partial charge in [-0.25, -0.2) is 4.79 Å². The summed E-state index contributed by atoms with van der Waals surface area (Å²) in [5, 5.41) is 0. The second kappa shape index (κ2) is 11.0. The molecule has 0 bridgehead atoms. The highest BCUT2D eigenvalue weighted by Crippen LogP contribution is 2.16. The van der Waals surface area contributed by atoms with Gasteiger partial charge in [0.25, 0.3) is 0 Å².